The van der Waals surface area contributed by atoms with Crippen LogP contribution >= 0.6 is 12.2 Å². The topological polar surface area (TPSA) is 33.8 Å². The van der Waals surface area contributed by atoms with Crippen molar-refractivity contribution < 1.29 is 0 Å². The molecule has 5 nitrogen and oxygen atoms in total. The highest BCUT2D eigenvalue weighted by Crippen LogP contribution is 2.36. The van der Waals surface area contributed by atoms with Crippen molar-refractivity contribution in [3.05, 3.63) is 24.3 Å². The van der Waals surface area contributed by atoms with Gasteiger partial charge in [0, 0.05) is 51.1 Å². The molecule has 3 aliphatic heterocycles. The van der Waals surface area contributed by atoms with Crippen molar-refractivity contribution >= 4 is 28.7 Å². The fourth-order valence-electron chi connectivity index (χ4n) is 4.71. The van der Waals surface area contributed by atoms with E-state index in [0.717, 1.165) is 29.2 Å². The van der Waals surface area contributed by atoms with Crippen LogP contribution in [0.4, 0.5) is 11.4 Å². The quantitative estimate of drug-likeness (QED) is 0.649. The second-order valence-corrected chi connectivity index (χ2v) is 8.86. The van der Waals surface area contributed by atoms with E-state index in [2.05, 4.69) is 77.5 Å². The van der Waals surface area contributed by atoms with Gasteiger partial charge < -0.3 is 20.4 Å². The van der Waals surface area contributed by atoms with Gasteiger partial charge in [-0.05, 0) is 80.8 Å². The number of nitrogens with one attached hydrogen (secondary N) is 2. The molecule has 4 rings (SSSR count). The summed E-state index contributed by atoms with van der Waals surface area (Å²) < 4.78 is 0. The smallest absolute Gasteiger partial charge is 0.170 e. The molecular formula is C22H37N5S. The van der Waals surface area contributed by atoms with Gasteiger partial charge in [-0.25, -0.2) is 0 Å². The van der Waals surface area contributed by atoms with Crippen molar-refractivity contribution in [2.24, 2.45) is 11.8 Å². The van der Waals surface area contributed by atoms with Crippen molar-refractivity contribution in [2.45, 2.75) is 32.7 Å². The van der Waals surface area contributed by atoms with E-state index in [1.54, 1.807) is 0 Å². The Morgan fingerprint density at radius 2 is 1.89 bits per heavy atom. The summed E-state index contributed by atoms with van der Waals surface area (Å²) in [5.74, 6) is 1.71. The van der Waals surface area contributed by atoms with Gasteiger partial charge >= 0.3 is 0 Å². The zero-order chi connectivity index (χ0) is 20.1. The minimum Gasteiger partial charge on any atom is -0.378 e. The lowest BCUT2D eigenvalue weighted by molar-refractivity contribution is -0.00933. The van der Waals surface area contributed by atoms with E-state index in [1.807, 2.05) is 0 Å². The molecule has 1 aromatic carbocycles. The van der Waals surface area contributed by atoms with Gasteiger partial charge in [0.1, 0.15) is 0 Å². The van der Waals surface area contributed by atoms with Crippen LogP contribution in [0.5, 0.6) is 0 Å². The molecule has 3 saturated heterocycles. The molecule has 3 aliphatic rings. The molecule has 3 fully saturated rings. The molecule has 0 radical (unpaired) electrons. The molecule has 2 N–H and O–H groups in total. The van der Waals surface area contributed by atoms with Gasteiger partial charge in [-0.1, -0.05) is 13.8 Å². The van der Waals surface area contributed by atoms with E-state index >= 15 is 0 Å². The number of thiocarbonyl (C=S) groups is 1. The molecular weight excluding hydrogens is 366 g/mol. The van der Waals surface area contributed by atoms with Crippen molar-refractivity contribution in [1.82, 2.24) is 15.1 Å². The molecule has 0 amide bonds. The predicted octanol–water partition coefficient (Wildman–Crippen LogP) is 3.09. The van der Waals surface area contributed by atoms with Crippen LogP contribution in [-0.4, -0.2) is 74.3 Å². The number of nitrogens with zero attached hydrogens (tertiary/aromatic N) is 3. The Morgan fingerprint density at radius 1 is 1.18 bits per heavy atom. The summed E-state index contributed by atoms with van der Waals surface area (Å²) in [5.41, 5.74) is 2.22. The Kier molecular flexibility index (Phi) is 7.55. The molecule has 28 heavy (non-hydrogen) atoms. The first-order valence-corrected chi connectivity index (χ1v) is 11.2. The van der Waals surface area contributed by atoms with Crippen molar-refractivity contribution in [3.8, 4) is 0 Å². The van der Waals surface area contributed by atoms with Crippen molar-refractivity contribution in [2.75, 3.05) is 63.6 Å². The molecule has 1 unspecified atom stereocenters. The van der Waals surface area contributed by atoms with Gasteiger partial charge in [-0.3, -0.25) is 4.90 Å². The lowest BCUT2D eigenvalue weighted by Crippen LogP contribution is -2.58. The largest absolute Gasteiger partial charge is 0.378 e. The average molecular weight is 404 g/mol. The number of benzene rings is 1. The maximum absolute atomic E-state index is 5.53. The number of piperidine rings is 3. The fourth-order valence-corrected chi connectivity index (χ4v) is 4.91. The van der Waals surface area contributed by atoms with E-state index in [0.29, 0.717) is 6.04 Å². The SMILES string of the molecule is CCN(CC)C[C@@H]1CN2CC[C@H]1C[C@@H]2CNC(=S)Nc1ccc(N(C)C)cc1. The lowest BCUT2D eigenvalue weighted by Gasteiger charge is -2.51. The minimum atomic E-state index is 0.613. The van der Waals surface area contributed by atoms with E-state index in [4.69, 9.17) is 12.2 Å². The van der Waals surface area contributed by atoms with Gasteiger partial charge in [0.25, 0.3) is 0 Å². The molecule has 0 aliphatic carbocycles. The van der Waals surface area contributed by atoms with Gasteiger partial charge in [-0.2, -0.15) is 0 Å². The number of rotatable bonds is 8. The van der Waals surface area contributed by atoms with Gasteiger partial charge in [0.15, 0.2) is 5.11 Å². The first kappa shape index (κ1) is 21.3. The van der Waals surface area contributed by atoms with Crippen LogP contribution in [0.25, 0.3) is 0 Å². The third kappa shape index (κ3) is 5.37. The first-order chi connectivity index (χ1) is 13.5. The molecule has 0 spiro atoms. The highest BCUT2D eigenvalue weighted by atomic mass is 32.1. The Balaban J connectivity index is 1.45. The zero-order valence-corrected chi connectivity index (χ0v) is 18.8. The number of hydrogen-bond acceptors (Lipinski definition) is 4. The van der Waals surface area contributed by atoms with Crippen LogP contribution in [0, 0.1) is 11.8 Å². The molecule has 2 bridgehead atoms. The molecule has 0 saturated carbocycles. The zero-order valence-electron chi connectivity index (χ0n) is 17.9. The summed E-state index contributed by atoms with van der Waals surface area (Å²) in [6.07, 6.45) is 2.67. The third-order valence-corrected chi connectivity index (χ3v) is 6.79. The van der Waals surface area contributed by atoms with E-state index < -0.39 is 0 Å². The van der Waals surface area contributed by atoms with Gasteiger partial charge in [-0.15, -0.1) is 0 Å². The number of anilines is 2. The van der Waals surface area contributed by atoms with Crippen molar-refractivity contribution in [3.63, 3.8) is 0 Å². The molecule has 0 aromatic heterocycles. The summed E-state index contributed by atoms with van der Waals surface area (Å²) in [6, 6.07) is 8.97. The second-order valence-electron chi connectivity index (χ2n) is 8.46. The molecule has 3 heterocycles. The number of hydrogen-bond donors (Lipinski definition) is 2. The van der Waals surface area contributed by atoms with Crippen LogP contribution in [-0.2, 0) is 0 Å². The van der Waals surface area contributed by atoms with Crippen LogP contribution in [0.3, 0.4) is 0 Å². The highest BCUT2D eigenvalue weighted by Gasteiger charge is 2.40. The summed E-state index contributed by atoms with van der Waals surface area (Å²) >= 11 is 5.53. The van der Waals surface area contributed by atoms with Crippen LogP contribution < -0.4 is 15.5 Å². The predicted molar refractivity (Wildman–Crippen MR) is 124 cm³/mol. The third-order valence-electron chi connectivity index (χ3n) is 6.54. The van der Waals surface area contributed by atoms with E-state index in [-0.39, 0.29) is 0 Å². The van der Waals surface area contributed by atoms with Crippen LogP contribution in [0.1, 0.15) is 26.7 Å². The Morgan fingerprint density at radius 3 is 2.46 bits per heavy atom. The standard InChI is InChI=1S/C22H37N5S/c1-5-26(6-2)15-18-16-27-12-11-17(18)13-21(27)14-23-22(28)24-19-7-9-20(10-8-19)25(3)4/h7-10,17-18,21H,5-6,11-16H2,1-4H3,(H2,23,24,28)/t17-,18+,21+/m0/s1. The van der Waals surface area contributed by atoms with E-state index in [1.165, 1.54) is 51.3 Å². The maximum Gasteiger partial charge on any atom is 0.170 e. The Hall–Kier alpha value is -1.37. The minimum absolute atomic E-state index is 0.613. The average Bonchev–Trinajstić information content (AvgIpc) is 2.71. The van der Waals surface area contributed by atoms with Crippen LogP contribution in [0.2, 0.25) is 0 Å². The molecule has 1 aromatic rings. The fraction of sp³-hybridized carbons (Fsp3) is 0.682. The van der Waals surface area contributed by atoms with E-state index in [9.17, 15) is 0 Å². The summed E-state index contributed by atoms with van der Waals surface area (Å²) in [7, 11) is 4.10. The van der Waals surface area contributed by atoms with Gasteiger partial charge in [0.05, 0.1) is 0 Å². The molecule has 6 heteroatoms. The number of fused-ring (bicyclic) bond motifs is 3. The summed E-state index contributed by atoms with van der Waals surface area (Å²) in [4.78, 5) is 7.37. The highest BCUT2D eigenvalue weighted by molar-refractivity contribution is 7.80. The second kappa shape index (κ2) is 9.90. The van der Waals surface area contributed by atoms with Crippen LogP contribution in [0.15, 0.2) is 24.3 Å². The molecule has 156 valence electrons. The Labute approximate surface area is 176 Å². The van der Waals surface area contributed by atoms with Gasteiger partial charge in [0.2, 0.25) is 0 Å². The Bertz CT molecular complexity index is 628. The maximum atomic E-state index is 5.53. The normalized spacial score (nSPS) is 26.3. The summed E-state index contributed by atoms with van der Waals surface area (Å²) in [5, 5.41) is 7.50. The first-order valence-electron chi connectivity index (χ1n) is 10.8. The lowest BCUT2D eigenvalue weighted by atomic mass is 9.75. The summed E-state index contributed by atoms with van der Waals surface area (Å²) in [6.45, 7) is 11.6. The molecule has 4 atom stereocenters. The monoisotopic (exact) mass is 403 g/mol. The van der Waals surface area contributed by atoms with Crippen molar-refractivity contribution in [1.29, 1.82) is 0 Å².